The lowest BCUT2D eigenvalue weighted by molar-refractivity contribution is 0.169. The summed E-state index contributed by atoms with van der Waals surface area (Å²) in [6, 6.07) is 1.81. The lowest BCUT2D eigenvalue weighted by Gasteiger charge is -2.32. The molecule has 0 spiro atoms. The summed E-state index contributed by atoms with van der Waals surface area (Å²) in [4.78, 5) is 18.7. The standard InChI is InChI=1S/C17H24N4O3/c1-10-8-15(12(3)23-10)11(2)18-17(22)21-7-5-6-14(9-21)16-19-13(4)20-24-16/h8,11,14H,5-7,9H2,1-4H3,(H,18,22)/t11-,14-/m0/s1. The van der Waals surface area contributed by atoms with Gasteiger partial charge >= 0.3 is 6.03 Å². The molecule has 1 aliphatic heterocycles. The Bertz CT molecular complexity index is 721. The first kappa shape index (κ1) is 16.5. The van der Waals surface area contributed by atoms with E-state index in [0.717, 1.165) is 36.5 Å². The second-order valence-corrected chi connectivity index (χ2v) is 6.50. The minimum absolute atomic E-state index is 0.0679. The molecule has 1 saturated heterocycles. The van der Waals surface area contributed by atoms with Crippen molar-refractivity contribution in [3.63, 3.8) is 0 Å². The third-order valence-corrected chi connectivity index (χ3v) is 4.49. The maximum Gasteiger partial charge on any atom is 0.317 e. The van der Waals surface area contributed by atoms with Crippen molar-refractivity contribution in [1.82, 2.24) is 20.4 Å². The van der Waals surface area contributed by atoms with E-state index in [0.29, 0.717) is 18.3 Å². The highest BCUT2D eigenvalue weighted by molar-refractivity contribution is 5.75. The molecule has 2 aromatic rings. The van der Waals surface area contributed by atoms with Crippen LogP contribution in [0.3, 0.4) is 0 Å². The Balaban J connectivity index is 1.63. The molecular formula is C17H24N4O3. The number of furan rings is 1. The van der Waals surface area contributed by atoms with Gasteiger partial charge in [-0.3, -0.25) is 0 Å². The van der Waals surface area contributed by atoms with Gasteiger partial charge in [0.25, 0.3) is 0 Å². The van der Waals surface area contributed by atoms with E-state index < -0.39 is 0 Å². The fourth-order valence-corrected chi connectivity index (χ4v) is 3.28. The summed E-state index contributed by atoms with van der Waals surface area (Å²) in [5, 5.41) is 6.90. The number of carbonyl (C=O) groups excluding carboxylic acids is 1. The Kier molecular flexibility index (Phi) is 4.59. The molecule has 0 radical (unpaired) electrons. The van der Waals surface area contributed by atoms with Crippen LogP contribution in [0.25, 0.3) is 0 Å². The maximum absolute atomic E-state index is 12.6. The maximum atomic E-state index is 12.6. The summed E-state index contributed by atoms with van der Waals surface area (Å²) in [6.45, 7) is 8.94. The van der Waals surface area contributed by atoms with Crippen LogP contribution < -0.4 is 5.32 Å². The number of piperidine rings is 1. The van der Waals surface area contributed by atoms with Gasteiger partial charge in [-0.15, -0.1) is 0 Å². The van der Waals surface area contributed by atoms with Crippen LogP contribution in [0.2, 0.25) is 0 Å². The minimum atomic E-state index is -0.0963. The van der Waals surface area contributed by atoms with Crippen molar-refractivity contribution in [2.75, 3.05) is 13.1 Å². The monoisotopic (exact) mass is 332 g/mol. The van der Waals surface area contributed by atoms with Crippen LogP contribution in [-0.2, 0) is 0 Å². The second kappa shape index (κ2) is 6.67. The number of hydrogen-bond acceptors (Lipinski definition) is 5. The number of carbonyl (C=O) groups is 1. The number of hydrogen-bond donors (Lipinski definition) is 1. The molecule has 2 amide bonds. The van der Waals surface area contributed by atoms with Gasteiger partial charge in [0.15, 0.2) is 5.82 Å². The van der Waals surface area contributed by atoms with Crippen LogP contribution in [0, 0.1) is 20.8 Å². The number of urea groups is 1. The van der Waals surface area contributed by atoms with Crippen molar-refractivity contribution in [1.29, 1.82) is 0 Å². The SMILES string of the molecule is Cc1noc([C@H]2CCCN(C(=O)N[C@@H](C)c3cc(C)oc3C)C2)n1. The Morgan fingerprint density at radius 3 is 2.83 bits per heavy atom. The van der Waals surface area contributed by atoms with Crippen molar-refractivity contribution in [2.45, 2.75) is 52.5 Å². The van der Waals surface area contributed by atoms with E-state index in [1.54, 1.807) is 6.92 Å². The fraction of sp³-hybridized carbons (Fsp3) is 0.588. The highest BCUT2D eigenvalue weighted by Gasteiger charge is 2.29. The van der Waals surface area contributed by atoms with Gasteiger partial charge in [0.05, 0.1) is 12.0 Å². The zero-order chi connectivity index (χ0) is 17.3. The fourth-order valence-electron chi connectivity index (χ4n) is 3.28. The first-order valence-electron chi connectivity index (χ1n) is 8.36. The van der Waals surface area contributed by atoms with Crippen LogP contribution in [0.1, 0.15) is 60.5 Å². The van der Waals surface area contributed by atoms with Crippen molar-refractivity contribution in [2.24, 2.45) is 0 Å². The summed E-state index contributed by atoms with van der Waals surface area (Å²) in [6.07, 6.45) is 1.89. The van der Waals surface area contributed by atoms with Crippen LogP contribution >= 0.6 is 0 Å². The van der Waals surface area contributed by atoms with Crippen LogP contribution in [0.4, 0.5) is 4.79 Å². The highest BCUT2D eigenvalue weighted by Crippen LogP contribution is 2.26. The van der Waals surface area contributed by atoms with Crippen molar-refractivity contribution in [3.05, 3.63) is 34.9 Å². The van der Waals surface area contributed by atoms with E-state index in [-0.39, 0.29) is 18.0 Å². The number of aryl methyl sites for hydroxylation is 3. The zero-order valence-electron chi connectivity index (χ0n) is 14.6. The van der Waals surface area contributed by atoms with Gasteiger partial charge in [0.1, 0.15) is 11.5 Å². The summed E-state index contributed by atoms with van der Waals surface area (Å²) in [5.41, 5.74) is 1.02. The Labute approximate surface area is 141 Å². The number of rotatable bonds is 3. The molecule has 0 aliphatic carbocycles. The molecule has 2 aromatic heterocycles. The lowest BCUT2D eigenvalue weighted by atomic mass is 9.98. The van der Waals surface area contributed by atoms with Gasteiger partial charge in [-0.1, -0.05) is 5.16 Å². The molecule has 1 aliphatic rings. The topological polar surface area (TPSA) is 84.4 Å². The molecule has 0 bridgehead atoms. The molecule has 1 N–H and O–H groups in total. The summed E-state index contributed by atoms with van der Waals surface area (Å²) in [7, 11) is 0. The highest BCUT2D eigenvalue weighted by atomic mass is 16.5. The molecule has 7 heteroatoms. The van der Waals surface area contributed by atoms with E-state index >= 15 is 0 Å². The molecule has 0 unspecified atom stereocenters. The molecule has 3 rings (SSSR count). The van der Waals surface area contributed by atoms with E-state index in [2.05, 4.69) is 15.5 Å². The van der Waals surface area contributed by atoms with Gasteiger partial charge in [0, 0.05) is 18.7 Å². The van der Waals surface area contributed by atoms with Crippen molar-refractivity contribution >= 4 is 6.03 Å². The van der Waals surface area contributed by atoms with E-state index in [1.165, 1.54) is 0 Å². The minimum Gasteiger partial charge on any atom is -0.466 e. The van der Waals surface area contributed by atoms with Crippen LogP contribution in [0.5, 0.6) is 0 Å². The molecule has 24 heavy (non-hydrogen) atoms. The first-order chi connectivity index (χ1) is 11.4. The molecule has 0 saturated carbocycles. The first-order valence-corrected chi connectivity index (χ1v) is 8.36. The Hall–Kier alpha value is -2.31. The molecule has 1 fully saturated rings. The average molecular weight is 332 g/mol. The van der Waals surface area contributed by atoms with Gasteiger partial charge in [0.2, 0.25) is 5.89 Å². The third kappa shape index (κ3) is 3.44. The molecular weight excluding hydrogens is 308 g/mol. The third-order valence-electron chi connectivity index (χ3n) is 4.49. The number of nitrogens with zero attached hydrogens (tertiary/aromatic N) is 3. The van der Waals surface area contributed by atoms with Gasteiger partial charge in [-0.25, -0.2) is 4.79 Å². The molecule has 7 nitrogen and oxygen atoms in total. The van der Waals surface area contributed by atoms with Crippen molar-refractivity contribution in [3.8, 4) is 0 Å². The van der Waals surface area contributed by atoms with Gasteiger partial charge in [-0.05, 0) is 46.6 Å². The number of nitrogens with one attached hydrogen (secondary N) is 1. The number of likely N-dealkylation sites (tertiary alicyclic amines) is 1. The summed E-state index contributed by atoms with van der Waals surface area (Å²) < 4.78 is 10.8. The summed E-state index contributed by atoms with van der Waals surface area (Å²) >= 11 is 0. The number of amides is 2. The van der Waals surface area contributed by atoms with E-state index in [1.807, 2.05) is 31.7 Å². The molecule has 3 heterocycles. The van der Waals surface area contributed by atoms with E-state index in [9.17, 15) is 4.79 Å². The predicted octanol–water partition coefficient (Wildman–Crippen LogP) is 3.24. The Morgan fingerprint density at radius 2 is 2.21 bits per heavy atom. The second-order valence-electron chi connectivity index (χ2n) is 6.50. The average Bonchev–Trinajstić information content (AvgIpc) is 3.12. The van der Waals surface area contributed by atoms with Crippen LogP contribution in [0.15, 0.2) is 15.0 Å². The zero-order valence-corrected chi connectivity index (χ0v) is 14.6. The van der Waals surface area contributed by atoms with E-state index in [4.69, 9.17) is 8.94 Å². The largest absolute Gasteiger partial charge is 0.466 e. The quantitative estimate of drug-likeness (QED) is 0.932. The Morgan fingerprint density at radius 1 is 1.42 bits per heavy atom. The smallest absolute Gasteiger partial charge is 0.317 e. The predicted molar refractivity (Wildman–Crippen MR) is 87.7 cm³/mol. The normalized spacial score (nSPS) is 19.3. The molecule has 0 aromatic carbocycles. The lowest BCUT2D eigenvalue weighted by Crippen LogP contribution is -2.45. The summed E-state index contributed by atoms with van der Waals surface area (Å²) in [5.74, 6) is 3.07. The molecule has 130 valence electrons. The van der Waals surface area contributed by atoms with Crippen molar-refractivity contribution < 1.29 is 13.7 Å². The van der Waals surface area contributed by atoms with Crippen LogP contribution in [-0.4, -0.2) is 34.2 Å². The number of aromatic nitrogens is 2. The van der Waals surface area contributed by atoms with Gasteiger partial charge < -0.3 is 19.2 Å². The molecule has 2 atom stereocenters. The van der Waals surface area contributed by atoms with Gasteiger partial charge in [-0.2, -0.15) is 4.98 Å².